The van der Waals surface area contributed by atoms with Gasteiger partial charge in [-0.25, -0.2) is 4.98 Å². The topological polar surface area (TPSA) is 42.0 Å². The van der Waals surface area contributed by atoms with Crippen LogP contribution in [0.1, 0.15) is 30.9 Å². The fourth-order valence-electron chi connectivity index (χ4n) is 2.44. The van der Waals surface area contributed by atoms with E-state index in [0.717, 1.165) is 16.8 Å². The summed E-state index contributed by atoms with van der Waals surface area (Å²) in [4.78, 5) is 16.6. The fraction of sp³-hybridized carbons (Fsp3) is 0.143. The quantitative estimate of drug-likeness (QED) is 0.459. The lowest BCUT2D eigenvalue weighted by atomic mass is 10.0. The highest BCUT2D eigenvalue weighted by Crippen LogP contribution is 2.27. The van der Waals surface area contributed by atoms with E-state index < -0.39 is 0 Å². The minimum absolute atomic E-state index is 0.253. The maximum absolute atomic E-state index is 12.1. The van der Waals surface area contributed by atoms with Crippen LogP contribution in [-0.4, -0.2) is 10.9 Å². The molecule has 1 amide bonds. The van der Waals surface area contributed by atoms with Crippen LogP contribution in [0.15, 0.2) is 53.9 Å². The molecule has 0 radical (unpaired) electrons. The summed E-state index contributed by atoms with van der Waals surface area (Å²) in [7, 11) is 0. The zero-order chi connectivity index (χ0) is 19.4. The van der Waals surface area contributed by atoms with Gasteiger partial charge in [0.1, 0.15) is 0 Å². The molecule has 1 aromatic heterocycles. The van der Waals surface area contributed by atoms with Crippen molar-refractivity contribution < 1.29 is 4.79 Å². The Hall–Kier alpha value is -2.14. The van der Waals surface area contributed by atoms with E-state index in [1.165, 1.54) is 23.0 Å². The van der Waals surface area contributed by atoms with E-state index in [1.54, 1.807) is 24.3 Å². The number of nitrogens with one attached hydrogen (secondary N) is 1. The Morgan fingerprint density at radius 1 is 1.11 bits per heavy atom. The summed E-state index contributed by atoms with van der Waals surface area (Å²) in [6.45, 7) is 4.33. The van der Waals surface area contributed by atoms with Gasteiger partial charge in [-0.1, -0.05) is 67.4 Å². The Kier molecular flexibility index (Phi) is 6.32. The summed E-state index contributed by atoms with van der Waals surface area (Å²) >= 11 is 13.3. The number of carbonyl (C=O) groups excluding carboxylic acids is 1. The van der Waals surface area contributed by atoms with E-state index in [4.69, 9.17) is 23.2 Å². The average molecular weight is 417 g/mol. The molecule has 0 aliphatic carbocycles. The van der Waals surface area contributed by atoms with Gasteiger partial charge in [-0.3, -0.25) is 10.1 Å². The lowest BCUT2D eigenvalue weighted by molar-refractivity contribution is -0.111. The molecule has 1 N–H and O–H groups in total. The minimum atomic E-state index is -0.253. The van der Waals surface area contributed by atoms with E-state index in [0.29, 0.717) is 21.1 Å². The second-order valence-electron chi connectivity index (χ2n) is 6.31. The largest absolute Gasteiger partial charge is 0.298 e. The molecule has 0 atom stereocenters. The number of aromatic nitrogens is 1. The first-order valence-electron chi connectivity index (χ1n) is 8.42. The molecule has 0 spiro atoms. The first-order chi connectivity index (χ1) is 12.9. The summed E-state index contributed by atoms with van der Waals surface area (Å²) in [5, 5.41) is 6.20. The van der Waals surface area contributed by atoms with Crippen LogP contribution in [0.4, 0.5) is 5.13 Å². The summed E-state index contributed by atoms with van der Waals surface area (Å²) in [6, 6.07) is 13.5. The number of hydrogen-bond acceptors (Lipinski definition) is 3. The molecule has 3 aromatic rings. The van der Waals surface area contributed by atoms with Crippen LogP contribution in [0.2, 0.25) is 10.0 Å². The average Bonchev–Trinajstić information content (AvgIpc) is 3.11. The molecule has 6 heteroatoms. The standard InChI is InChI=1S/C21H18Cl2N2OS/c1-13(2)15-5-7-16(8-6-15)19-12-27-21(24-19)25-20(26)10-4-14-3-9-17(22)18(23)11-14/h3-13H,1-2H3,(H,24,25,26)/b10-4+. The third-order valence-electron chi connectivity index (χ3n) is 3.98. The third-order valence-corrected chi connectivity index (χ3v) is 5.47. The van der Waals surface area contributed by atoms with Crippen LogP contribution >= 0.6 is 34.5 Å². The van der Waals surface area contributed by atoms with Gasteiger partial charge in [0.15, 0.2) is 5.13 Å². The highest BCUT2D eigenvalue weighted by molar-refractivity contribution is 7.14. The summed E-state index contributed by atoms with van der Waals surface area (Å²) in [5.74, 6) is 0.240. The molecule has 3 nitrogen and oxygen atoms in total. The Labute approximate surface area is 172 Å². The van der Waals surface area contributed by atoms with Crippen molar-refractivity contribution in [3.63, 3.8) is 0 Å². The van der Waals surface area contributed by atoms with Gasteiger partial charge in [0.05, 0.1) is 15.7 Å². The molecule has 0 unspecified atom stereocenters. The first-order valence-corrected chi connectivity index (χ1v) is 10.1. The maximum Gasteiger partial charge on any atom is 0.250 e. The molecule has 27 heavy (non-hydrogen) atoms. The van der Waals surface area contributed by atoms with Crippen molar-refractivity contribution in [1.82, 2.24) is 4.98 Å². The van der Waals surface area contributed by atoms with Gasteiger partial charge < -0.3 is 0 Å². The van der Waals surface area contributed by atoms with Crippen molar-refractivity contribution in [3.05, 3.63) is 75.1 Å². The normalized spacial score (nSPS) is 11.3. The third kappa shape index (κ3) is 5.19. The highest BCUT2D eigenvalue weighted by atomic mass is 35.5. The van der Waals surface area contributed by atoms with Crippen LogP contribution in [-0.2, 0) is 4.79 Å². The summed E-state index contributed by atoms with van der Waals surface area (Å²) in [6.07, 6.45) is 3.12. The van der Waals surface area contributed by atoms with Crippen molar-refractivity contribution in [1.29, 1.82) is 0 Å². The predicted molar refractivity (Wildman–Crippen MR) is 116 cm³/mol. The van der Waals surface area contributed by atoms with Crippen LogP contribution in [0, 0.1) is 0 Å². The van der Waals surface area contributed by atoms with Crippen LogP contribution in [0.5, 0.6) is 0 Å². The molecular weight excluding hydrogens is 399 g/mol. The van der Waals surface area contributed by atoms with Crippen molar-refractivity contribution >= 4 is 51.7 Å². The number of hydrogen-bond donors (Lipinski definition) is 1. The Morgan fingerprint density at radius 3 is 2.52 bits per heavy atom. The van der Waals surface area contributed by atoms with E-state index in [2.05, 4.69) is 48.4 Å². The number of thiazole rings is 1. The fourth-order valence-corrected chi connectivity index (χ4v) is 3.47. The van der Waals surface area contributed by atoms with Crippen molar-refractivity contribution in [2.45, 2.75) is 19.8 Å². The van der Waals surface area contributed by atoms with Gasteiger partial charge in [-0.15, -0.1) is 11.3 Å². The van der Waals surface area contributed by atoms with Crippen LogP contribution in [0.25, 0.3) is 17.3 Å². The number of rotatable bonds is 5. The number of amides is 1. The van der Waals surface area contributed by atoms with E-state index >= 15 is 0 Å². The second-order valence-corrected chi connectivity index (χ2v) is 7.98. The minimum Gasteiger partial charge on any atom is -0.298 e. The Bertz CT molecular complexity index is 978. The maximum atomic E-state index is 12.1. The monoisotopic (exact) mass is 416 g/mol. The molecule has 0 fully saturated rings. The Balaban J connectivity index is 1.65. The zero-order valence-corrected chi connectivity index (χ0v) is 17.2. The van der Waals surface area contributed by atoms with E-state index in [9.17, 15) is 4.79 Å². The first kappa shape index (κ1) is 19.6. The molecule has 0 aliphatic rings. The van der Waals surface area contributed by atoms with Gasteiger partial charge >= 0.3 is 0 Å². The van der Waals surface area contributed by atoms with E-state index in [1.807, 2.05) is 5.38 Å². The SMILES string of the molecule is CC(C)c1ccc(-c2csc(NC(=O)/C=C/c3ccc(Cl)c(Cl)c3)n2)cc1. The molecule has 3 rings (SSSR count). The molecule has 0 saturated heterocycles. The second kappa shape index (κ2) is 8.70. The number of nitrogens with zero attached hydrogens (tertiary/aromatic N) is 1. The molecule has 2 aromatic carbocycles. The number of halogens is 2. The van der Waals surface area contributed by atoms with Crippen LogP contribution in [0.3, 0.4) is 0 Å². The number of carbonyl (C=O) groups is 1. The van der Waals surface area contributed by atoms with Crippen molar-refractivity contribution in [2.75, 3.05) is 5.32 Å². The molecule has 1 heterocycles. The number of benzene rings is 2. The summed E-state index contributed by atoms with van der Waals surface area (Å²) in [5.41, 5.74) is 3.96. The van der Waals surface area contributed by atoms with Gasteiger partial charge in [-0.05, 0) is 35.3 Å². The zero-order valence-electron chi connectivity index (χ0n) is 14.9. The molecule has 0 bridgehead atoms. The van der Waals surface area contributed by atoms with Crippen LogP contribution < -0.4 is 5.32 Å². The van der Waals surface area contributed by atoms with Gasteiger partial charge in [-0.2, -0.15) is 0 Å². The van der Waals surface area contributed by atoms with Gasteiger partial charge in [0.25, 0.3) is 0 Å². The van der Waals surface area contributed by atoms with Crippen molar-refractivity contribution in [2.24, 2.45) is 0 Å². The molecular formula is C21H18Cl2N2OS. The smallest absolute Gasteiger partial charge is 0.250 e. The van der Waals surface area contributed by atoms with Gasteiger partial charge in [0.2, 0.25) is 5.91 Å². The Morgan fingerprint density at radius 2 is 1.85 bits per heavy atom. The highest BCUT2D eigenvalue weighted by Gasteiger charge is 2.07. The molecule has 0 saturated carbocycles. The lowest BCUT2D eigenvalue weighted by Crippen LogP contribution is -2.07. The molecule has 138 valence electrons. The predicted octanol–water partition coefficient (Wildman–Crippen LogP) is 6.89. The van der Waals surface area contributed by atoms with E-state index in [-0.39, 0.29) is 5.91 Å². The lowest BCUT2D eigenvalue weighted by Gasteiger charge is -2.05. The molecule has 0 aliphatic heterocycles. The van der Waals surface area contributed by atoms with Gasteiger partial charge in [0, 0.05) is 17.0 Å². The summed E-state index contributed by atoms with van der Waals surface area (Å²) < 4.78 is 0. The van der Waals surface area contributed by atoms with Crippen molar-refractivity contribution in [3.8, 4) is 11.3 Å². The number of anilines is 1.